The molecule has 1 aliphatic rings. The molecule has 0 saturated carbocycles. The Morgan fingerprint density at radius 1 is 1.24 bits per heavy atom. The maximum Gasteiger partial charge on any atom is 0.229 e. The summed E-state index contributed by atoms with van der Waals surface area (Å²) in [7, 11) is 3.32. The molecule has 0 unspecified atom stereocenters. The van der Waals surface area contributed by atoms with Crippen molar-refractivity contribution in [2.24, 2.45) is 4.99 Å². The fourth-order valence-electron chi connectivity index (χ4n) is 3.00. The molecule has 3 rings (SSSR count). The van der Waals surface area contributed by atoms with E-state index in [4.69, 9.17) is 4.74 Å². The Morgan fingerprint density at radius 3 is 2.76 bits per heavy atom. The van der Waals surface area contributed by atoms with Gasteiger partial charge in [0.1, 0.15) is 5.75 Å². The quantitative estimate of drug-likeness (QED) is 0.708. The van der Waals surface area contributed by atoms with E-state index in [1.807, 2.05) is 37.3 Å². The molecule has 25 heavy (non-hydrogen) atoms. The Morgan fingerprint density at radius 2 is 2.04 bits per heavy atom. The zero-order valence-corrected chi connectivity index (χ0v) is 16.5. The summed E-state index contributed by atoms with van der Waals surface area (Å²) in [5.74, 6) is 1.28. The van der Waals surface area contributed by atoms with E-state index in [1.165, 1.54) is 0 Å². The van der Waals surface area contributed by atoms with E-state index >= 15 is 0 Å². The molecule has 0 spiro atoms. The molecule has 5 nitrogen and oxygen atoms in total. The molecular weight excluding hydrogens is 429 g/mol. The van der Waals surface area contributed by atoms with Gasteiger partial charge in [-0.25, -0.2) is 0 Å². The molecular formula is C19H20IN3O2. The number of ether oxygens (including phenoxy) is 1. The standard InChI is InChI=1S/C19H20IN3O2/c1-19(11-17(24)22-18(21-2)23-19)13-6-4-5-12(9-13)15-10-14(25-3)7-8-16(15)20/h4-10H,11H2,1-3H3,(H2,21,22,23,24)/t19-/m0/s1. The maximum absolute atomic E-state index is 12.1. The molecule has 2 aromatic rings. The van der Waals surface area contributed by atoms with Crippen LogP contribution in [0.15, 0.2) is 47.5 Å². The third-order valence-electron chi connectivity index (χ3n) is 4.37. The number of nitrogens with one attached hydrogen (secondary N) is 2. The normalized spacial score (nSPS) is 21.6. The topological polar surface area (TPSA) is 62.7 Å². The number of amides is 1. The molecule has 1 aliphatic heterocycles. The summed E-state index contributed by atoms with van der Waals surface area (Å²) in [5, 5.41) is 6.08. The number of guanidine groups is 1. The highest BCUT2D eigenvalue weighted by molar-refractivity contribution is 14.1. The smallest absolute Gasteiger partial charge is 0.229 e. The Kier molecular flexibility index (Phi) is 4.99. The summed E-state index contributed by atoms with van der Waals surface area (Å²) in [6, 6.07) is 14.3. The first-order chi connectivity index (χ1) is 11.9. The summed E-state index contributed by atoms with van der Waals surface area (Å²) < 4.78 is 6.50. The number of aliphatic imine (C=N–C) groups is 1. The number of nitrogens with zero attached hydrogens (tertiary/aromatic N) is 1. The SMILES string of the molecule is C/N=C1/NC(=O)C[C@@](C)(c2cccc(-c3cc(OC)ccc3I)c2)N1. The van der Waals surface area contributed by atoms with E-state index in [0.29, 0.717) is 12.4 Å². The second-order valence-corrected chi connectivity index (χ2v) is 7.34. The van der Waals surface area contributed by atoms with Crippen molar-refractivity contribution in [1.82, 2.24) is 10.6 Å². The summed E-state index contributed by atoms with van der Waals surface area (Å²) in [4.78, 5) is 16.2. The zero-order chi connectivity index (χ0) is 18.0. The molecule has 0 aromatic heterocycles. The highest BCUT2D eigenvalue weighted by atomic mass is 127. The Labute approximate surface area is 161 Å². The number of hydrogen-bond acceptors (Lipinski definition) is 3. The average Bonchev–Trinajstić information content (AvgIpc) is 2.61. The van der Waals surface area contributed by atoms with Crippen molar-refractivity contribution in [2.45, 2.75) is 18.9 Å². The van der Waals surface area contributed by atoms with Crippen LogP contribution < -0.4 is 15.4 Å². The van der Waals surface area contributed by atoms with Crippen molar-refractivity contribution in [3.05, 3.63) is 51.6 Å². The van der Waals surface area contributed by atoms with E-state index in [2.05, 4.69) is 50.3 Å². The fraction of sp³-hybridized carbons (Fsp3) is 0.263. The van der Waals surface area contributed by atoms with Crippen LogP contribution in [0.3, 0.4) is 0 Å². The van der Waals surface area contributed by atoms with E-state index in [-0.39, 0.29) is 5.91 Å². The number of carbonyl (C=O) groups is 1. The number of hydrogen-bond donors (Lipinski definition) is 2. The van der Waals surface area contributed by atoms with E-state index in [9.17, 15) is 4.79 Å². The van der Waals surface area contributed by atoms with Crippen LogP contribution in [0.4, 0.5) is 0 Å². The lowest BCUT2D eigenvalue weighted by Crippen LogP contribution is -2.58. The van der Waals surface area contributed by atoms with Gasteiger partial charge in [-0.3, -0.25) is 15.1 Å². The number of rotatable bonds is 3. The monoisotopic (exact) mass is 449 g/mol. The fourth-order valence-corrected chi connectivity index (χ4v) is 3.65. The zero-order valence-electron chi connectivity index (χ0n) is 14.4. The van der Waals surface area contributed by atoms with Crippen LogP contribution >= 0.6 is 22.6 Å². The van der Waals surface area contributed by atoms with Gasteiger partial charge in [-0.05, 0) is 70.5 Å². The van der Waals surface area contributed by atoms with Gasteiger partial charge in [-0.15, -0.1) is 0 Å². The van der Waals surface area contributed by atoms with Gasteiger partial charge in [0.15, 0.2) is 5.96 Å². The molecule has 0 aliphatic carbocycles. The number of halogens is 1. The molecule has 1 amide bonds. The molecule has 2 aromatic carbocycles. The van der Waals surface area contributed by atoms with Gasteiger partial charge in [-0.2, -0.15) is 0 Å². The van der Waals surface area contributed by atoms with E-state index < -0.39 is 5.54 Å². The van der Waals surface area contributed by atoms with Crippen LogP contribution in [0.25, 0.3) is 11.1 Å². The summed E-state index contributed by atoms with van der Waals surface area (Å²) in [6.07, 6.45) is 0.352. The molecule has 1 atom stereocenters. The highest BCUT2D eigenvalue weighted by Gasteiger charge is 2.35. The van der Waals surface area contributed by atoms with Gasteiger partial charge in [-0.1, -0.05) is 18.2 Å². The Balaban J connectivity index is 2.04. The summed E-state index contributed by atoms with van der Waals surface area (Å²) in [6.45, 7) is 2.02. The third kappa shape index (κ3) is 3.63. The Hall–Kier alpha value is -2.09. The van der Waals surface area contributed by atoms with Gasteiger partial charge >= 0.3 is 0 Å². The number of benzene rings is 2. The molecule has 130 valence electrons. The maximum atomic E-state index is 12.1. The Bertz CT molecular complexity index is 850. The van der Waals surface area contributed by atoms with Gasteiger partial charge in [0.05, 0.1) is 19.1 Å². The first kappa shape index (κ1) is 17.7. The van der Waals surface area contributed by atoms with Crippen molar-refractivity contribution in [1.29, 1.82) is 0 Å². The van der Waals surface area contributed by atoms with Gasteiger partial charge in [0.2, 0.25) is 5.91 Å². The van der Waals surface area contributed by atoms with Crippen molar-refractivity contribution in [3.8, 4) is 16.9 Å². The van der Waals surface area contributed by atoms with Crippen molar-refractivity contribution >= 4 is 34.5 Å². The molecule has 0 radical (unpaired) electrons. The molecule has 0 bridgehead atoms. The molecule has 1 heterocycles. The predicted molar refractivity (Wildman–Crippen MR) is 108 cm³/mol. The lowest BCUT2D eigenvalue weighted by atomic mass is 9.85. The summed E-state index contributed by atoms with van der Waals surface area (Å²) in [5.41, 5.74) is 2.73. The second-order valence-electron chi connectivity index (χ2n) is 6.18. The highest BCUT2D eigenvalue weighted by Crippen LogP contribution is 2.33. The van der Waals surface area contributed by atoms with Crippen LogP contribution in [0.2, 0.25) is 0 Å². The average molecular weight is 449 g/mol. The molecule has 1 saturated heterocycles. The number of methoxy groups -OCH3 is 1. The van der Waals surface area contributed by atoms with Crippen LogP contribution in [-0.4, -0.2) is 26.0 Å². The molecule has 6 heteroatoms. The largest absolute Gasteiger partial charge is 0.497 e. The minimum absolute atomic E-state index is 0.0387. The molecule has 2 N–H and O–H groups in total. The van der Waals surface area contributed by atoms with E-state index in [1.54, 1.807) is 14.2 Å². The van der Waals surface area contributed by atoms with Crippen LogP contribution in [-0.2, 0) is 10.3 Å². The van der Waals surface area contributed by atoms with Gasteiger partial charge in [0, 0.05) is 10.6 Å². The van der Waals surface area contributed by atoms with Crippen LogP contribution in [0.1, 0.15) is 18.9 Å². The lowest BCUT2D eigenvalue weighted by molar-refractivity contribution is -0.121. The minimum Gasteiger partial charge on any atom is -0.497 e. The first-order valence-corrected chi connectivity index (χ1v) is 9.02. The lowest BCUT2D eigenvalue weighted by Gasteiger charge is -2.36. The van der Waals surface area contributed by atoms with Gasteiger partial charge in [0.25, 0.3) is 0 Å². The van der Waals surface area contributed by atoms with Gasteiger partial charge < -0.3 is 10.1 Å². The van der Waals surface area contributed by atoms with Crippen LogP contribution in [0, 0.1) is 3.57 Å². The third-order valence-corrected chi connectivity index (χ3v) is 5.31. The predicted octanol–water partition coefficient (Wildman–Crippen LogP) is 3.28. The van der Waals surface area contributed by atoms with Crippen molar-refractivity contribution in [3.63, 3.8) is 0 Å². The number of carbonyl (C=O) groups excluding carboxylic acids is 1. The first-order valence-electron chi connectivity index (χ1n) is 7.94. The van der Waals surface area contributed by atoms with Crippen molar-refractivity contribution < 1.29 is 9.53 Å². The second kappa shape index (κ2) is 7.03. The van der Waals surface area contributed by atoms with Crippen molar-refractivity contribution in [2.75, 3.05) is 14.2 Å². The minimum atomic E-state index is -0.502. The summed E-state index contributed by atoms with van der Waals surface area (Å²) >= 11 is 2.32. The van der Waals surface area contributed by atoms with E-state index in [0.717, 1.165) is 26.0 Å². The van der Waals surface area contributed by atoms with Crippen LogP contribution in [0.5, 0.6) is 5.75 Å². The molecule has 1 fully saturated rings.